The van der Waals surface area contributed by atoms with Crippen molar-refractivity contribution in [2.75, 3.05) is 24.7 Å². The van der Waals surface area contributed by atoms with Crippen LogP contribution in [-0.4, -0.2) is 57.3 Å². The topological polar surface area (TPSA) is 83.8 Å². The van der Waals surface area contributed by atoms with E-state index in [-0.39, 0.29) is 22.2 Å². The predicted molar refractivity (Wildman–Crippen MR) is 91.2 cm³/mol. The van der Waals surface area contributed by atoms with Crippen molar-refractivity contribution in [2.45, 2.75) is 18.9 Å². The smallest absolute Gasteiger partial charge is 0.283 e. The zero-order chi connectivity index (χ0) is 17.3. The minimum atomic E-state index is -0.625. The van der Waals surface area contributed by atoms with E-state index in [2.05, 4.69) is 0 Å². The van der Waals surface area contributed by atoms with Gasteiger partial charge < -0.3 is 9.80 Å². The minimum Gasteiger partial charge on any atom is -0.341 e. The molecular formula is C15H16ClN3O4S. The van der Waals surface area contributed by atoms with Crippen LogP contribution in [0.15, 0.2) is 18.2 Å². The molecule has 128 valence electrons. The summed E-state index contributed by atoms with van der Waals surface area (Å²) in [4.78, 5) is 39.2. The van der Waals surface area contributed by atoms with E-state index >= 15 is 0 Å². The fourth-order valence-corrected chi connectivity index (χ4v) is 4.30. The number of halogens is 1. The normalized spacial score (nSPS) is 20.5. The fraction of sp³-hybridized carbons (Fsp3) is 0.467. The van der Waals surface area contributed by atoms with E-state index in [1.807, 2.05) is 0 Å². The third kappa shape index (κ3) is 3.21. The molecule has 0 radical (unpaired) electrons. The first-order chi connectivity index (χ1) is 11.5. The molecule has 2 aliphatic heterocycles. The van der Waals surface area contributed by atoms with Gasteiger partial charge in [-0.1, -0.05) is 11.6 Å². The van der Waals surface area contributed by atoms with Crippen LogP contribution in [0.3, 0.4) is 0 Å². The Bertz CT molecular complexity index is 693. The Kier molecular flexibility index (Phi) is 4.96. The minimum absolute atomic E-state index is 0.0360. The summed E-state index contributed by atoms with van der Waals surface area (Å²) in [6.07, 6.45) is 1.95. The van der Waals surface area contributed by atoms with E-state index in [0.717, 1.165) is 18.9 Å². The molecule has 1 unspecified atom stereocenters. The molecule has 0 aromatic heterocycles. The largest absolute Gasteiger partial charge is 0.341 e. The molecule has 1 aromatic rings. The molecule has 7 nitrogen and oxygen atoms in total. The quantitative estimate of drug-likeness (QED) is 0.603. The Hall–Kier alpha value is -1.80. The summed E-state index contributed by atoms with van der Waals surface area (Å²) in [5.41, 5.74) is -0.372. The van der Waals surface area contributed by atoms with Crippen molar-refractivity contribution in [1.82, 2.24) is 9.80 Å². The van der Waals surface area contributed by atoms with E-state index in [4.69, 9.17) is 11.6 Å². The number of nitro benzene ring substituents is 1. The number of hydrogen-bond acceptors (Lipinski definition) is 5. The summed E-state index contributed by atoms with van der Waals surface area (Å²) in [5, 5.41) is 11.4. The summed E-state index contributed by atoms with van der Waals surface area (Å²) in [6.45, 7) is 1.42. The lowest BCUT2D eigenvalue weighted by atomic mass is 10.1. The number of carbonyl (C=O) groups is 2. The summed E-state index contributed by atoms with van der Waals surface area (Å²) in [6, 6.07) is 3.40. The van der Waals surface area contributed by atoms with Crippen molar-refractivity contribution in [3.8, 4) is 0 Å². The Morgan fingerprint density at radius 1 is 1.29 bits per heavy atom. The molecule has 2 aliphatic rings. The van der Waals surface area contributed by atoms with Crippen LogP contribution in [0, 0.1) is 10.1 Å². The second-order valence-corrected chi connectivity index (χ2v) is 7.18. The van der Waals surface area contributed by atoms with Gasteiger partial charge in [0.2, 0.25) is 5.91 Å². The van der Waals surface area contributed by atoms with E-state index in [1.165, 1.54) is 28.8 Å². The summed E-state index contributed by atoms with van der Waals surface area (Å²) < 4.78 is 0. The maximum absolute atomic E-state index is 12.8. The lowest BCUT2D eigenvalue weighted by Gasteiger charge is -2.27. The van der Waals surface area contributed by atoms with Gasteiger partial charge in [-0.05, 0) is 25.0 Å². The molecule has 0 spiro atoms. The second kappa shape index (κ2) is 6.98. The number of hydrogen-bond donors (Lipinski definition) is 0. The molecule has 0 aliphatic carbocycles. The second-order valence-electron chi connectivity index (χ2n) is 5.74. The first kappa shape index (κ1) is 17.0. The van der Waals surface area contributed by atoms with Crippen LogP contribution in [0.5, 0.6) is 0 Å². The Morgan fingerprint density at radius 3 is 2.67 bits per heavy atom. The van der Waals surface area contributed by atoms with Crippen LogP contribution in [0.4, 0.5) is 5.69 Å². The first-order valence-electron chi connectivity index (χ1n) is 7.60. The van der Waals surface area contributed by atoms with Gasteiger partial charge in [-0.15, -0.1) is 11.8 Å². The number of likely N-dealkylation sites (tertiary alicyclic amines) is 1. The highest BCUT2D eigenvalue weighted by Gasteiger charge is 2.39. The van der Waals surface area contributed by atoms with Crippen LogP contribution >= 0.6 is 23.4 Å². The van der Waals surface area contributed by atoms with Gasteiger partial charge in [-0.2, -0.15) is 0 Å². The molecular weight excluding hydrogens is 354 g/mol. The lowest BCUT2D eigenvalue weighted by molar-refractivity contribution is -0.385. The van der Waals surface area contributed by atoms with Crippen molar-refractivity contribution in [3.63, 3.8) is 0 Å². The SMILES string of the molecule is O=C(C1CSCN1C(=O)c1ccc(Cl)cc1[N+](=O)[O-])N1CCCC1. The summed E-state index contributed by atoms with van der Waals surface area (Å²) >= 11 is 7.28. The number of nitrogens with zero attached hydrogens (tertiary/aromatic N) is 3. The van der Waals surface area contributed by atoms with E-state index < -0.39 is 16.9 Å². The Morgan fingerprint density at radius 2 is 2.00 bits per heavy atom. The van der Waals surface area contributed by atoms with Gasteiger partial charge in [-0.25, -0.2) is 0 Å². The number of amides is 2. The molecule has 1 atom stereocenters. The standard InChI is InChI=1S/C15H16ClN3O4S/c16-10-3-4-11(12(7-10)19(22)23)14(20)18-9-24-8-13(18)15(21)17-5-1-2-6-17/h3-4,7,13H,1-2,5-6,8-9H2. The Labute approximate surface area is 148 Å². The van der Waals surface area contributed by atoms with Crippen LogP contribution in [0.2, 0.25) is 5.02 Å². The molecule has 2 saturated heterocycles. The maximum atomic E-state index is 12.8. The molecule has 3 rings (SSSR count). The van der Waals surface area contributed by atoms with Gasteiger partial charge in [0.05, 0.1) is 10.8 Å². The van der Waals surface area contributed by atoms with Crippen LogP contribution in [0.25, 0.3) is 0 Å². The molecule has 2 amide bonds. The van der Waals surface area contributed by atoms with Gasteiger partial charge >= 0.3 is 0 Å². The first-order valence-corrected chi connectivity index (χ1v) is 9.14. The van der Waals surface area contributed by atoms with Gasteiger partial charge in [0.25, 0.3) is 11.6 Å². The molecule has 0 N–H and O–H groups in total. The Balaban J connectivity index is 1.86. The molecule has 0 bridgehead atoms. The number of carbonyl (C=O) groups excluding carboxylic acids is 2. The average Bonchev–Trinajstić information content (AvgIpc) is 3.25. The molecule has 24 heavy (non-hydrogen) atoms. The van der Waals surface area contributed by atoms with E-state index in [1.54, 1.807) is 4.90 Å². The number of nitro groups is 1. The highest BCUT2D eigenvalue weighted by atomic mass is 35.5. The van der Waals surface area contributed by atoms with Crippen LogP contribution < -0.4 is 0 Å². The van der Waals surface area contributed by atoms with Gasteiger partial charge in [-0.3, -0.25) is 19.7 Å². The zero-order valence-corrected chi connectivity index (χ0v) is 14.4. The van der Waals surface area contributed by atoms with Crippen molar-refractivity contribution in [2.24, 2.45) is 0 Å². The highest BCUT2D eigenvalue weighted by molar-refractivity contribution is 7.99. The van der Waals surface area contributed by atoms with Crippen molar-refractivity contribution < 1.29 is 14.5 Å². The summed E-state index contributed by atoms with van der Waals surface area (Å²) in [7, 11) is 0. The molecule has 2 fully saturated rings. The average molecular weight is 370 g/mol. The lowest BCUT2D eigenvalue weighted by Crippen LogP contribution is -2.48. The van der Waals surface area contributed by atoms with E-state index in [9.17, 15) is 19.7 Å². The fourth-order valence-electron chi connectivity index (χ4n) is 2.99. The van der Waals surface area contributed by atoms with Crippen molar-refractivity contribution >= 4 is 40.9 Å². The van der Waals surface area contributed by atoms with Crippen molar-refractivity contribution in [1.29, 1.82) is 0 Å². The van der Waals surface area contributed by atoms with E-state index in [0.29, 0.717) is 24.7 Å². The molecule has 2 heterocycles. The van der Waals surface area contributed by atoms with Crippen LogP contribution in [0.1, 0.15) is 23.2 Å². The third-order valence-corrected chi connectivity index (χ3v) is 5.48. The monoisotopic (exact) mass is 369 g/mol. The molecule has 9 heteroatoms. The van der Waals surface area contributed by atoms with Gasteiger partial charge in [0, 0.05) is 29.9 Å². The number of benzene rings is 1. The van der Waals surface area contributed by atoms with Gasteiger partial charge in [0.1, 0.15) is 11.6 Å². The number of rotatable bonds is 3. The molecule has 0 saturated carbocycles. The number of thioether (sulfide) groups is 1. The van der Waals surface area contributed by atoms with Crippen LogP contribution in [-0.2, 0) is 4.79 Å². The summed E-state index contributed by atoms with van der Waals surface area (Å²) in [5.74, 6) is 0.300. The zero-order valence-electron chi connectivity index (χ0n) is 12.8. The predicted octanol–water partition coefficient (Wildman–Crippen LogP) is 2.39. The highest BCUT2D eigenvalue weighted by Crippen LogP contribution is 2.30. The maximum Gasteiger partial charge on any atom is 0.283 e. The van der Waals surface area contributed by atoms with Gasteiger partial charge in [0.15, 0.2) is 0 Å². The molecule has 1 aromatic carbocycles. The third-order valence-electron chi connectivity index (χ3n) is 4.23. The van der Waals surface area contributed by atoms with Crippen molar-refractivity contribution in [3.05, 3.63) is 38.9 Å².